The maximum atomic E-state index is 12.5. The average molecular weight is 529 g/mol. The van der Waals surface area contributed by atoms with Crippen LogP contribution in [0.5, 0.6) is 11.5 Å². The summed E-state index contributed by atoms with van der Waals surface area (Å²) >= 11 is 1.14. The molecular weight excluding hydrogens is 500 g/mol. The lowest BCUT2D eigenvalue weighted by Crippen LogP contribution is -2.12. The molecule has 7 heteroatoms. The number of ether oxygens (including phenoxy) is 3. The van der Waals surface area contributed by atoms with Gasteiger partial charge in [-0.2, -0.15) is 0 Å². The molecule has 0 amide bonds. The molecule has 0 aliphatic carbocycles. The van der Waals surface area contributed by atoms with Gasteiger partial charge in [0.1, 0.15) is 24.7 Å². The zero-order chi connectivity index (χ0) is 27.5. The van der Waals surface area contributed by atoms with Gasteiger partial charge in [-0.25, -0.2) is 9.59 Å². The second-order valence-corrected chi connectivity index (χ2v) is 9.30. The van der Waals surface area contributed by atoms with Crippen molar-refractivity contribution in [3.8, 4) is 22.6 Å². The van der Waals surface area contributed by atoms with Crippen LogP contribution in [0.2, 0.25) is 0 Å². The van der Waals surface area contributed by atoms with Gasteiger partial charge in [0.05, 0.1) is 0 Å². The maximum absolute atomic E-state index is 12.5. The van der Waals surface area contributed by atoms with E-state index in [4.69, 9.17) is 14.2 Å². The number of aryl methyl sites for hydroxylation is 1. The van der Waals surface area contributed by atoms with E-state index in [1.54, 1.807) is 25.1 Å². The normalized spacial score (nSPS) is 10.6. The van der Waals surface area contributed by atoms with Gasteiger partial charge in [0, 0.05) is 16.5 Å². The van der Waals surface area contributed by atoms with E-state index >= 15 is 0 Å². The molecule has 194 valence electrons. The summed E-state index contributed by atoms with van der Waals surface area (Å²) in [7, 11) is 0. The number of esters is 2. The number of thioether (sulfide) groups is 1. The van der Waals surface area contributed by atoms with E-state index in [2.05, 4.69) is 13.2 Å². The summed E-state index contributed by atoms with van der Waals surface area (Å²) in [5.41, 5.74) is 4.06. The Morgan fingerprint density at radius 3 is 2.18 bits per heavy atom. The lowest BCUT2D eigenvalue weighted by Gasteiger charge is -2.10. The van der Waals surface area contributed by atoms with Crippen LogP contribution in [0.25, 0.3) is 17.2 Å². The molecule has 3 aromatic rings. The van der Waals surface area contributed by atoms with E-state index in [1.165, 1.54) is 6.08 Å². The Labute approximate surface area is 226 Å². The van der Waals surface area contributed by atoms with Crippen LogP contribution in [0.4, 0.5) is 0 Å². The van der Waals surface area contributed by atoms with Crippen molar-refractivity contribution in [3.63, 3.8) is 0 Å². The second-order valence-electron chi connectivity index (χ2n) is 8.22. The molecule has 0 saturated heterocycles. The van der Waals surface area contributed by atoms with E-state index in [1.807, 2.05) is 61.5 Å². The van der Waals surface area contributed by atoms with Gasteiger partial charge in [-0.3, -0.25) is 4.79 Å². The molecule has 0 aliphatic rings. The number of carbonyl (C=O) groups excluding carboxylic acids is 3. The SMILES string of the molecule is C=CC(=O)Oc1ccc(-c2ccc(SC(=O)/C=C/c3ccc(OCCOC(=O)C(=C)C)c(C)c3)cc2)cc1. The molecule has 38 heavy (non-hydrogen) atoms. The molecule has 0 unspecified atom stereocenters. The smallest absolute Gasteiger partial charge is 0.335 e. The topological polar surface area (TPSA) is 78.9 Å². The summed E-state index contributed by atoms with van der Waals surface area (Å²) in [6.45, 7) is 10.8. The van der Waals surface area contributed by atoms with Crippen molar-refractivity contribution in [2.75, 3.05) is 13.2 Å². The van der Waals surface area contributed by atoms with Crippen LogP contribution in [-0.4, -0.2) is 30.3 Å². The first-order valence-corrected chi connectivity index (χ1v) is 12.6. The Morgan fingerprint density at radius 1 is 0.921 bits per heavy atom. The molecule has 0 N–H and O–H groups in total. The average Bonchev–Trinajstić information content (AvgIpc) is 2.91. The third kappa shape index (κ3) is 8.64. The zero-order valence-electron chi connectivity index (χ0n) is 21.3. The predicted octanol–water partition coefficient (Wildman–Crippen LogP) is 6.58. The summed E-state index contributed by atoms with van der Waals surface area (Å²) in [5.74, 6) is 0.183. The third-order valence-corrected chi connectivity index (χ3v) is 6.02. The number of benzene rings is 3. The number of rotatable bonds is 11. The van der Waals surface area contributed by atoms with Crippen LogP contribution < -0.4 is 9.47 Å². The Hall–Kier alpha value is -4.36. The minimum Gasteiger partial charge on any atom is -0.490 e. The van der Waals surface area contributed by atoms with Crippen LogP contribution in [0.3, 0.4) is 0 Å². The van der Waals surface area contributed by atoms with E-state index < -0.39 is 11.9 Å². The quantitative estimate of drug-likeness (QED) is 0.0914. The molecule has 0 atom stereocenters. The molecule has 3 rings (SSSR count). The molecule has 0 heterocycles. The summed E-state index contributed by atoms with van der Waals surface area (Å²) in [6, 6.07) is 20.4. The van der Waals surface area contributed by atoms with Crippen molar-refractivity contribution < 1.29 is 28.6 Å². The van der Waals surface area contributed by atoms with Crippen molar-refractivity contribution >= 4 is 34.9 Å². The molecule has 3 aromatic carbocycles. The van der Waals surface area contributed by atoms with Crippen molar-refractivity contribution in [3.05, 3.63) is 109 Å². The third-order valence-electron chi connectivity index (χ3n) is 5.18. The van der Waals surface area contributed by atoms with Crippen molar-refractivity contribution in [1.29, 1.82) is 0 Å². The van der Waals surface area contributed by atoms with Crippen molar-refractivity contribution in [2.45, 2.75) is 18.7 Å². The minimum absolute atomic E-state index is 0.0940. The monoisotopic (exact) mass is 528 g/mol. The molecule has 0 saturated carbocycles. The molecule has 0 aromatic heterocycles. The van der Waals surface area contributed by atoms with E-state index in [0.717, 1.165) is 45.0 Å². The van der Waals surface area contributed by atoms with E-state index in [9.17, 15) is 14.4 Å². The largest absolute Gasteiger partial charge is 0.490 e. The fourth-order valence-corrected chi connectivity index (χ4v) is 3.89. The molecule has 0 bridgehead atoms. The fourth-order valence-electron chi connectivity index (χ4n) is 3.25. The van der Waals surface area contributed by atoms with Crippen LogP contribution in [0, 0.1) is 6.92 Å². The summed E-state index contributed by atoms with van der Waals surface area (Å²) in [6.07, 6.45) is 4.41. The molecular formula is C31H28O6S. The summed E-state index contributed by atoms with van der Waals surface area (Å²) in [4.78, 5) is 36.0. The highest BCUT2D eigenvalue weighted by atomic mass is 32.2. The first-order valence-electron chi connectivity index (χ1n) is 11.8. The van der Waals surface area contributed by atoms with Crippen molar-refractivity contribution in [2.24, 2.45) is 0 Å². The lowest BCUT2D eigenvalue weighted by atomic mass is 10.1. The first kappa shape index (κ1) is 28.2. The molecule has 0 fully saturated rings. The van der Waals surface area contributed by atoms with Gasteiger partial charge in [-0.1, -0.05) is 49.6 Å². The van der Waals surface area contributed by atoms with Gasteiger partial charge in [-0.15, -0.1) is 0 Å². The first-order chi connectivity index (χ1) is 18.2. The molecule has 0 spiro atoms. The fraction of sp³-hybridized carbons (Fsp3) is 0.129. The Morgan fingerprint density at radius 2 is 1.58 bits per heavy atom. The zero-order valence-corrected chi connectivity index (χ0v) is 22.1. The Kier molecular flexibility index (Phi) is 10.3. The van der Waals surface area contributed by atoms with Gasteiger partial charge in [0.25, 0.3) is 0 Å². The standard InChI is InChI=1S/C31H28O6S/c1-5-29(32)37-26-12-8-24(9-13-26)25-10-14-27(15-11-25)38-30(33)17-7-23-6-16-28(22(4)20-23)35-18-19-36-31(34)21(2)3/h5-17,20H,1-2,18-19H2,3-4H3/b17-7+. The van der Waals surface area contributed by atoms with Gasteiger partial charge in [-0.05, 0) is 90.3 Å². The van der Waals surface area contributed by atoms with Gasteiger partial charge >= 0.3 is 11.9 Å². The maximum Gasteiger partial charge on any atom is 0.335 e. The highest BCUT2D eigenvalue weighted by molar-refractivity contribution is 8.14. The van der Waals surface area contributed by atoms with Crippen LogP contribution in [0.15, 0.2) is 103 Å². The van der Waals surface area contributed by atoms with E-state index in [-0.39, 0.29) is 18.3 Å². The summed E-state index contributed by atoms with van der Waals surface area (Å²) < 4.78 is 15.8. The predicted molar refractivity (Wildman–Crippen MR) is 150 cm³/mol. The van der Waals surface area contributed by atoms with Gasteiger partial charge < -0.3 is 14.2 Å². The Balaban J connectivity index is 1.51. The highest BCUT2D eigenvalue weighted by Crippen LogP contribution is 2.27. The van der Waals surface area contributed by atoms with Crippen LogP contribution in [0.1, 0.15) is 18.1 Å². The second kappa shape index (κ2) is 13.8. The number of carbonyl (C=O) groups is 3. The lowest BCUT2D eigenvalue weighted by molar-refractivity contribution is -0.139. The minimum atomic E-state index is -0.505. The molecule has 0 aliphatic heterocycles. The van der Waals surface area contributed by atoms with Gasteiger partial charge in [0.15, 0.2) is 0 Å². The Bertz CT molecular complexity index is 1350. The van der Waals surface area contributed by atoms with Crippen molar-refractivity contribution in [1.82, 2.24) is 0 Å². The number of hydrogen-bond donors (Lipinski definition) is 0. The van der Waals surface area contributed by atoms with Crippen LogP contribution in [-0.2, 0) is 19.1 Å². The van der Waals surface area contributed by atoms with Gasteiger partial charge in [0.2, 0.25) is 5.12 Å². The van der Waals surface area contributed by atoms with Crippen LogP contribution >= 0.6 is 11.8 Å². The highest BCUT2D eigenvalue weighted by Gasteiger charge is 2.06. The summed E-state index contributed by atoms with van der Waals surface area (Å²) in [5, 5.41) is -0.0940. The van der Waals surface area contributed by atoms with E-state index in [0.29, 0.717) is 17.1 Å². The number of hydrogen-bond acceptors (Lipinski definition) is 7. The molecule has 6 nitrogen and oxygen atoms in total. The molecule has 0 radical (unpaired) electrons.